The number of ether oxygens (including phenoxy) is 2. The van der Waals surface area contributed by atoms with Crippen LogP contribution in [0, 0.1) is 0 Å². The molecule has 0 saturated heterocycles. The van der Waals surface area contributed by atoms with E-state index in [9.17, 15) is 9.59 Å². The maximum Gasteiger partial charge on any atom is 0.306 e. The van der Waals surface area contributed by atoms with Crippen LogP contribution in [-0.4, -0.2) is 37.2 Å². The molecule has 53 heavy (non-hydrogen) atoms. The summed E-state index contributed by atoms with van der Waals surface area (Å²) in [7, 11) is 0. The van der Waals surface area contributed by atoms with Crippen LogP contribution in [0.15, 0.2) is 0 Å². The fourth-order valence-electron chi connectivity index (χ4n) is 7.02. The van der Waals surface area contributed by atoms with Gasteiger partial charge in [-0.25, -0.2) is 0 Å². The highest BCUT2D eigenvalue weighted by atomic mass is 16.5. The van der Waals surface area contributed by atoms with Crippen molar-refractivity contribution in [3.8, 4) is 0 Å². The second-order valence-electron chi connectivity index (χ2n) is 16.2. The number of hydrogen-bond donors (Lipinski definition) is 1. The monoisotopic (exact) mass is 752 g/mol. The molecular weight excluding hydrogens is 655 g/mol. The first-order chi connectivity index (χ1) is 26.0. The van der Waals surface area contributed by atoms with E-state index in [1.807, 2.05) is 0 Å². The largest absolute Gasteiger partial charge is 0.462 e. The van der Waals surface area contributed by atoms with Crippen molar-refractivity contribution in [3.63, 3.8) is 0 Å². The van der Waals surface area contributed by atoms with E-state index in [4.69, 9.17) is 9.47 Å². The molecule has 0 aromatic carbocycles. The first kappa shape index (κ1) is 54.0. The Morgan fingerprint density at radius 3 is 0.981 bits per heavy atom. The van der Waals surface area contributed by atoms with E-state index < -0.39 is 0 Å². The summed E-state index contributed by atoms with van der Waals surface area (Å²) >= 11 is 0. The number of hydrogen-bond acceptors (Lipinski definition) is 5. The van der Waals surface area contributed by atoms with E-state index in [0.29, 0.717) is 12.8 Å². The zero-order valence-electron chi connectivity index (χ0n) is 37.2. The van der Waals surface area contributed by atoms with Gasteiger partial charge in [0.25, 0.3) is 0 Å². The lowest BCUT2D eigenvalue weighted by molar-refractivity contribution is -0.151. The van der Waals surface area contributed by atoms with Crippen molar-refractivity contribution in [2.75, 3.05) is 13.1 Å². The topological polar surface area (TPSA) is 64.6 Å². The maximum atomic E-state index is 12.6. The fourth-order valence-corrected chi connectivity index (χ4v) is 7.02. The first-order valence-electron chi connectivity index (χ1n) is 24.1. The van der Waals surface area contributed by atoms with Gasteiger partial charge < -0.3 is 14.8 Å². The molecule has 5 heteroatoms. The number of nitrogens with one attached hydrogen (secondary N) is 1. The Morgan fingerprint density at radius 2 is 0.642 bits per heavy atom. The second kappa shape index (κ2) is 47.1. The molecule has 1 N–H and O–H groups in total. The minimum Gasteiger partial charge on any atom is -0.462 e. The second-order valence-corrected chi connectivity index (χ2v) is 16.2. The molecule has 5 nitrogen and oxygen atoms in total. The standard InChI is InChI=1S/C45H89NO4.C3H8/c1-5-9-12-15-20-27-35-42(34-8-4)49-44(47)38-30-23-18-25-32-40-46-41-33-26-19-24-31-39-45(48)50-43(36-28-21-16-13-10-6-2)37-29-22-17-14-11-7-3;1-3-2/h42-43,46H,5-41H2,1-4H3;3H2,1-2H3. The van der Waals surface area contributed by atoms with E-state index in [1.165, 1.54) is 161 Å². The lowest BCUT2D eigenvalue weighted by Crippen LogP contribution is -2.18. The molecule has 0 rings (SSSR count). The first-order valence-corrected chi connectivity index (χ1v) is 24.1. The van der Waals surface area contributed by atoms with Gasteiger partial charge in [-0.1, -0.05) is 189 Å². The molecule has 0 aliphatic heterocycles. The molecule has 0 amide bonds. The number of carbonyl (C=O) groups excluding carboxylic acids is 2. The molecule has 0 aliphatic rings. The Hall–Kier alpha value is -1.10. The lowest BCUT2D eigenvalue weighted by atomic mass is 10.0. The van der Waals surface area contributed by atoms with Crippen molar-refractivity contribution in [1.29, 1.82) is 0 Å². The van der Waals surface area contributed by atoms with Crippen molar-refractivity contribution in [2.45, 2.75) is 285 Å². The van der Waals surface area contributed by atoms with Crippen LogP contribution in [-0.2, 0) is 19.1 Å². The van der Waals surface area contributed by atoms with Crippen molar-refractivity contribution in [2.24, 2.45) is 0 Å². The van der Waals surface area contributed by atoms with Crippen LogP contribution in [0.5, 0.6) is 0 Å². The van der Waals surface area contributed by atoms with E-state index in [2.05, 4.69) is 46.9 Å². The predicted molar refractivity (Wildman–Crippen MR) is 233 cm³/mol. The zero-order valence-corrected chi connectivity index (χ0v) is 37.2. The summed E-state index contributed by atoms with van der Waals surface area (Å²) in [6, 6.07) is 0. The van der Waals surface area contributed by atoms with Crippen LogP contribution in [0.25, 0.3) is 0 Å². The molecule has 0 aliphatic carbocycles. The fraction of sp³-hybridized carbons (Fsp3) is 0.958. The molecule has 1 atom stereocenters. The number of carbonyl (C=O) groups is 2. The maximum absolute atomic E-state index is 12.6. The van der Waals surface area contributed by atoms with Crippen LogP contribution in [0.4, 0.5) is 0 Å². The van der Waals surface area contributed by atoms with Crippen LogP contribution < -0.4 is 5.32 Å². The van der Waals surface area contributed by atoms with E-state index >= 15 is 0 Å². The Balaban J connectivity index is 0. The highest BCUT2D eigenvalue weighted by Crippen LogP contribution is 2.19. The summed E-state index contributed by atoms with van der Waals surface area (Å²) in [6.07, 6.45) is 42.6. The van der Waals surface area contributed by atoms with Gasteiger partial charge in [-0.3, -0.25) is 9.59 Å². The summed E-state index contributed by atoms with van der Waals surface area (Å²) in [6.45, 7) is 15.4. The van der Waals surface area contributed by atoms with Crippen LogP contribution in [0.3, 0.4) is 0 Å². The van der Waals surface area contributed by atoms with E-state index in [-0.39, 0.29) is 24.1 Å². The molecule has 1 unspecified atom stereocenters. The molecule has 0 heterocycles. The molecule has 318 valence electrons. The summed E-state index contributed by atoms with van der Waals surface area (Å²) < 4.78 is 11.8. The average molecular weight is 752 g/mol. The number of unbranched alkanes of at least 4 members (excludes halogenated alkanes) is 23. The van der Waals surface area contributed by atoms with Crippen molar-refractivity contribution < 1.29 is 19.1 Å². The van der Waals surface area contributed by atoms with Crippen LogP contribution in [0.1, 0.15) is 273 Å². The van der Waals surface area contributed by atoms with Gasteiger partial charge >= 0.3 is 11.9 Å². The number of esters is 2. The van der Waals surface area contributed by atoms with Gasteiger partial charge in [0.15, 0.2) is 0 Å². The third-order valence-electron chi connectivity index (χ3n) is 10.3. The molecular formula is C48H97NO4. The van der Waals surface area contributed by atoms with E-state index in [1.54, 1.807) is 0 Å². The summed E-state index contributed by atoms with van der Waals surface area (Å²) in [4.78, 5) is 25.0. The molecule has 0 spiro atoms. The molecule has 0 aromatic rings. The Morgan fingerprint density at radius 1 is 0.358 bits per heavy atom. The van der Waals surface area contributed by atoms with Gasteiger partial charge in [-0.15, -0.1) is 0 Å². The third kappa shape index (κ3) is 45.2. The van der Waals surface area contributed by atoms with Crippen molar-refractivity contribution >= 4 is 11.9 Å². The molecule has 0 saturated carbocycles. The smallest absolute Gasteiger partial charge is 0.306 e. The van der Waals surface area contributed by atoms with Gasteiger partial charge in [0.2, 0.25) is 0 Å². The Labute approximate surface area is 333 Å². The summed E-state index contributed by atoms with van der Waals surface area (Å²) in [5.41, 5.74) is 0. The quantitative estimate of drug-likeness (QED) is 0.0498. The lowest BCUT2D eigenvalue weighted by Gasteiger charge is -2.18. The van der Waals surface area contributed by atoms with Gasteiger partial charge in [-0.2, -0.15) is 0 Å². The molecule has 0 bridgehead atoms. The normalized spacial score (nSPS) is 11.8. The summed E-state index contributed by atoms with van der Waals surface area (Å²) in [5.74, 6) is 0.0512. The molecule has 0 fully saturated rings. The van der Waals surface area contributed by atoms with Gasteiger partial charge in [0.05, 0.1) is 0 Å². The van der Waals surface area contributed by atoms with Gasteiger partial charge in [-0.05, 0) is 83.7 Å². The van der Waals surface area contributed by atoms with Crippen LogP contribution >= 0.6 is 0 Å². The minimum atomic E-state index is 0.0160. The molecule has 0 aromatic heterocycles. The highest BCUT2D eigenvalue weighted by Gasteiger charge is 2.15. The average Bonchev–Trinajstić information content (AvgIpc) is 3.14. The van der Waals surface area contributed by atoms with Gasteiger partial charge in [0.1, 0.15) is 12.2 Å². The van der Waals surface area contributed by atoms with E-state index in [0.717, 1.165) is 70.9 Å². The predicted octanol–water partition coefficient (Wildman–Crippen LogP) is 15.5. The van der Waals surface area contributed by atoms with Crippen molar-refractivity contribution in [3.05, 3.63) is 0 Å². The van der Waals surface area contributed by atoms with Crippen molar-refractivity contribution in [1.82, 2.24) is 5.32 Å². The SMILES string of the molecule is CCC.CCCCCCCCC(CCC)OC(=O)CCCCCCCNCCCCCCCC(=O)OC(CCCCCCCC)CCCCCCCC. The van der Waals surface area contributed by atoms with Crippen LogP contribution in [0.2, 0.25) is 0 Å². The third-order valence-corrected chi connectivity index (χ3v) is 10.3. The summed E-state index contributed by atoms with van der Waals surface area (Å²) in [5, 5.41) is 3.60. The minimum absolute atomic E-state index is 0.0160. The number of rotatable bonds is 41. The van der Waals surface area contributed by atoms with Gasteiger partial charge in [0, 0.05) is 12.8 Å². The Kier molecular flexibility index (Phi) is 47.9. The molecule has 0 radical (unpaired) electrons. The zero-order chi connectivity index (χ0) is 39.3. The Bertz CT molecular complexity index is 698. The highest BCUT2D eigenvalue weighted by molar-refractivity contribution is 5.69.